The van der Waals surface area contributed by atoms with Crippen LogP contribution in [0.5, 0.6) is 0 Å². The van der Waals surface area contributed by atoms with Crippen molar-refractivity contribution in [2.45, 2.75) is 37.5 Å². The fourth-order valence-electron chi connectivity index (χ4n) is 2.63. The molecule has 2 atom stereocenters. The second kappa shape index (κ2) is 4.74. The van der Waals surface area contributed by atoms with E-state index in [1.165, 1.54) is 6.42 Å². The number of ether oxygens (including phenoxy) is 1. The summed E-state index contributed by atoms with van der Waals surface area (Å²) in [5.74, 6) is 1.19. The van der Waals surface area contributed by atoms with Crippen molar-refractivity contribution in [2.75, 3.05) is 18.9 Å². The quantitative estimate of drug-likeness (QED) is 0.732. The van der Waals surface area contributed by atoms with Crippen molar-refractivity contribution in [3.63, 3.8) is 0 Å². The van der Waals surface area contributed by atoms with Crippen LogP contribution in [-0.2, 0) is 9.53 Å². The molecule has 0 radical (unpaired) electrons. The molecule has 4 heteroatoms. The monoisotopic (exact) mass is 229 g/mol. The average Bonchev–Trinajstić information content (AvgIpc) is 2.68. The van der Waals surface area contributed by atoms with Gasteiger partial charge in [0.25, 0.3) is 0 Å². The maximum atomic E-state index is 11.9. The summed E-state index contributed by atoms with van der Waals surface area (Å²) < 4.78 is 5.18. The number of nitrogens with one attached hydrogen (secondary N) is 1. The van der Waals surface area contributed by atoms with E-state index in [0.29, 0.717) is 6.61 Å². The summed E-state index contributed by atoms with van der Waals surface area (Å²) in [5.41, 5.74) is 0. The Bertz CT molecular complexity index is 239. The van der Waals surface area contributed by atoms with E-state index < -0.39 is 0 Å². The van der Waals surface area contributed by atoms with E-state index >= 15 is 0 Å². The van der Waals surface area contributed by atoms with Gasteiger partial charge in [0.2, 0.25) is 0 Å². The molecule has 1 saturated carbocycles. The third kappa shape index (κ3) is 2.16. The molecule has 0 unspecified atom stereocenters. The van der Waals surface area contributed by atoms with Gasteiger partial charge in [0.1, 0.15) is 0 Å². The molecule has 1 saturated heterocycles. The summed E-state index contributed by atoms with van der Waals surface area (Å²) in [6.45, 7) is 3.40. The maximum Gasteiger partial charge on any atom is 0.311 e. The van der Waals surface area contributed by atoms with Crippen LogP contribution in [0.15, 0.2) is 0 Å². The van der Waals surface area contributed by atoms with Gasteiger partial charge in [0, 0.05) is 12.3 Å². The smallest absolute Gasteiger partial charge is 0.311 e. The van der Waals surface area contributed by atoms with Crippen molar-refractivity contribution in [3.8, 4) is 0 Å². The Balaban J connectivity index is 2.08. The molecule has 2 rings (SSSR count). The Hall–Kier alpha value is -0.220. The lowest BCUT2D eigenvalue weighted by Crippen LogP contribution is -2.50. The predicted octanol–water partition coefficient (Wildman–Crippen LogP) is 1.77. The minimum absolute atomic E-state index is 0.000833. The Kier molecular flexibility index (Phi) is 3.57. The molecule has 1 aliphatic heterocycles. The van der Waals surface area contributed by atoms with Crippen LogP contribution in [-0.4, -0.2) is 29.7 Å². The van der Waals surface area contributed by atoms with E-state index in [4.69, 9.17) is 4.74 Å². The van der Waals surface area contributed by atoms with E-state index in [1.54, 1.807) is 0 Å². The minimum Gasteiger partial charge on any atom is -0.466 e. The SMILES string of the molecule is CCOC(=O)[C@@H]1CCCC[C@]12NCCS2. The van der Waals surface area contributed by atoms with E-state index in [0.717, 1.165) is 31.6 Å². The van der Waals surface area contributed by atoms with Crippen LogP contribution >= 0.6 is 11.8 Å². The van der Waals surface area contributed by atoms with Gasteiger partial charge in [-0.1, -0.05) is 12.8 Å². The van der Waals surface area contributed by atoms with Crippen molar-refractivity contribution < 1.29 is 9.53 Å². The first-order valence-electron chi connectivity index (χ1n) is 5.84. The molecule has 1 N–H and O–H groups in total. The first-order valence-corrected chi connectivity index (χ1v) is 6.83. The molecular weight excluding hydrogens is 210 g/mol. The zero-order chi connectivity index (χ0) is 10.7. The topological polar surface area (TPSA) is 38.3 Å². The van der Waals surface area contributed by atoms with Crippen LogP contribution in [0, 0.1) is 5.92 Å². The molecule has 0 aromatic rings. The fourth-order valence-corrected chi connectivity index (χ4v) is 4.10. The van der Waals surface area contributed by atoms with Gasteiger partial charge >= 0.3 is 5.97 Å². The normalized spacial score (nSPS) is 35.7. The number of hydrogen-bond donors (Lipinski definition) is 1. The Labute approximate surface area is 95.3 Å². The van der Waals surface area contributed by atoms with Crippen molar-refractivity contribution >= 4 is 17.7 Å². The largest absolute Gasteiger partial charge is 0.466 e. The van der Waals surface area contributed by atoms with Gasteiger partial charge in [-0.3, -0.25) is 4.79 Å². The van der Waals surface area contributed by atoms with Gasteiger partial charge in [-0.2, -0.15) is 0 Å². The highest BCUT2D eigenvalue weighted by Crippen LogP contribution is 2.45. The minimum atomic E-state index is -0.000833. The number of thioether (sulfide) groups is 1. The number of rotatable bonds is 2. The number of esters is 1. The molecule has 2 fully saturated rings. The molecule has 86 valence electrons. The summed E-state index contributed by atoms with van der Waals surface area (Å²) in [6, 6.07) is 0. The van der Waals surface area contributed by atoms with E-state index in [2.05, 4.69) is 5.32 Å². The lowest BCUT2D eigenvalue weighted by atomic mass is 9.83. The molecule has 0 aromatic heterocycles. The zero-order valence-corrected chi connectivity index (χ0v) is 10.1. The highest BCUT2D eigenvalue weighted by Gasteiger charge is 2.47. The number of carbonyl (C=O) groups excluding carboxylic acids is 1. The zero-order valence-electron chi connectivity index (χ0n) is 9.25. The van der Waals surface area contributed by atoms with Gasteiger partial charge in [-0.15, -0.1) is 11.8 Å². The lowest BCUT2D eigenvalue weighted by Gasteiger charge is -2.39. The molecule has 0 bridgehead atoms. The molecule has 1 spiro atoms. The second-order valence-corrected chi connectivity index (χ2v) is 5.64. The summed E-state index contributed by atoms with van der Waals surface area (Å²) in [5, 5.41) is 3.52. The number of hydrogen-bond acceptors (Lipinski definition) is 4. The lowest BCUT2D eigenvalue weighted by molar-refractivity contribution is -0.150. The Morgan fingerprint density at radius 1 is 1.60 bits per heavy atom. The molecule has 2 aliphatic rings. The molecule has 0 amide bonds. The molecule has 1 heterocycles. The van der Waals surface area contributed by atoms with Crippen molar-refractivity contribution in [3.05, 3.63) is 0 Å². The standard InChI is InChI=1S/C11H19NO2S/c1-2-14-10(13)9-5-3-4-6-11(9)12-7-8-15-11/h9,12H,2-8H2,1H3/t9-,11+/m0/s1. The van der Waals surface area contributed by atoms with E-state index in [9.17, 15) is 4.79 Å². The van der Waals surface area contributed by atoms with Gasteiger partial charge in [-0.25, -0.2) is 0 Å². The molecule has 15 heavy (non-hydrogen) atoms. The Morgan fingerprint density at radius 3 is 3.13 bits per heavy atom. The number of carbonyl (C=O) groups is 1. The van der Waals surface area contributed by atoms with Gasteiger partial charge in [-0.05, 0) is 19.8 Å². The summed E-state index contributed by atoms with van der Waals surface area (Å²) >= 11 is 1.92. The Morgan fingerprint density at radius 2 is 2.47 bits per heavy atom. The maximum absolute atomic E-state index is 11.9. The van der Waals surface area contributed by atoms with Crippen molar-refractivity contribution in [1.29, 1.82) is 0 Å². The first-order chi connectivity index (χ1) is 7.28. The highest BCUT2D eigenvalue weighted by molar-refractivity contribution is 8.00. The average molecular weight is 229 g/mol. The third-order valence-corrected chi connectivity index (χ3v) is 4.87. The van der Waals surface area contributed by atoms with Crippen molar-refractivity contribution in [1.82, 2.24) is 5.32 Å². The first kappa shape index (κ1) is 11.3. The van der Waals surface area contributed by atoms with Crippen LogP contribution in [0.1, 0.15) is 32.6 Å². The summed E-state index contributed by atoms with van der Waals surface area (Å²) in [7, 11) is 0. The molecule has 1 aliphatic carbocycles. The predicted molar refractivity (Wildman–Crippen MR) is 61.8 cm³/mol. The fraction of sp³-hybridized carbons (Fsp3) is 0.909. The van der Waals surface area contributed by atoms with Crippen LogP contribution in [0.25, 0.3) is 0 Å². The van der Waals surface area contributed by atoms with E-state index in [-0.39, 0.29) is 16.8 Å². The van der Waals surface area contributed by atoms with Gasteiger partial charge < -0.3 is 10.1 Å². The summed E-state index contributed by atoms with van der Waals surface area (Å²) in [6.07, 6.45) is 4.49. The molecule has 3 nitrogen and oxygen atoms in total. The van der Waals surface area contributed by atoms with Gasteiger partial charge in [0.15, 0.2) is 0 Å². The summed E-state index contributed by atoms with van der Waals surface area (Å²) in [4.78, 5) is 11.9. The molecular formula is C11H19NO2S. The van der Waals surface area contributed by atoms with Crippen molar-refractivity contribution in [2.24, 2.45) is 5.92 Å². The molecule has 0 aromatic carbocycles. The van der Waals surface area contributed by atoms with Crippen LogP contribution in [0.2, 0.25) is 0 Å². The van der Waals surface area contributed by atoms with E-state index in [1.807, 2.05) is 18.7 Å². The van der Waals surface area contributed by atoms with Crippen LogP contribution in [0.4, 0.5) is 0 Å². The van der Waals surface area contributed by atoms with Crippen LogP contribution in [0.3, 0.4) is 0 Å². The van der Waals surface area contributed by atoms with Gasteiger partial charge in [0.05, 0.1) is 17.4 Å². The highest BCUT2D eigenvalue weighted by atomic mass is 32.2. The third-order valence-electron chi connectivity index (χ3n) is 3.31. The van der Waals surface area contributed by atoms with Crippen LogP contribution < -0.4 is 5.32 Å². The second-order valence-electron chi connectivity index (χ2n) is 4.22.